The van der Waals surface area contributed by atoms with Crippen LogP contribution < -0.4 is 10.6 Å². The lowest BCUT2D eigenvalue weighted by atomic mass is 10.0. The van der Waals surface area contributed by atoms with Gasteiger partial charge in [-0.25, -0.2) is 0 Å². The number of piperazine rings is 1. The molecular formula is C21H34N4O3. The summed E-state index contributed by atoms with van der Waals surface area (Å²) in [6.45, 7) is 9.31. The van der Waals surface area contributed by atoms with E-state index in [1.165, 1.54) is 5.56 Å². The Balaban J connectivity index is 1.68. The average molecular weight is 391 g/mol. The van der Waals surface area contributed by atoms with Crippen molar-refractivity contribution < 1.29 is 14.3 Å². The maximum Gasteiger partial charge on any atom is 0.237 e. The first-order chi connectivity index (χ1) is 13.5. The van der Waals surface area contributed by atoms with E-state index in [4.69, 9.17) is 4.74 Å². The second kappa shape index (κ2) is 11.8. The van der Waals surface area contributed by atoms with Gasteiger partial charge in [0.2, 0.25) is 11.8 Å². The molecule has 0 aromatic heterocycles. The Bertz CT molecular complexity index is 603. The maximum absolute atomic E-state index is 12.5. The van der Waals surface area contributed by atoms with E-state index in [1.54, 1.807) is 7.11 Å². The van der Waals surface area contributed by atoms with Crippen molar-refractivity contribution in [2.45, 2.75) is 25.8 Å². The number of nitrogens with zero attached hydrogens (tertiary/aromatic N) is 2. The van der Waals surface area contributed by atoms with Crippen molar-refractivity contribution >= 4 is 11.8 Å². The quantitative estimate of drug-likeness (QED) is 0.575. The molecule has 1 aromatic carbocycles. The molecule has 2 N–H and O–H groups in total. The highest BCUT2D eigenvalue weighted by Gasteiger charge is 2.26. The fourth-order valence-electron chi connectivity index (χ4n) is 3.33. The molecule has 2 unspecified atom stereocenters. The largest absolute Gasteiger partial charge is 0.383 e. The topological polar surface area (TPSA) is 73.9 Å². The summed E-state index contributed by atoms with van der Waals surface area (Å²) in [5.74, 6) is 0.366. The summed E-state index contributed by atoms with van der Waals surface area (Å²) in [6, 6.07) is 10.1. The molecule has 1 aromatic rings. The predicted octanol–water partition coefficient (Wildman–Crippen LogP) is 0.675. The number of methoxy groups -OCH3 is 1. The van der Waals surface area contributed by atoms with Crippen LogP contribution in [0.1, 0.15) is 25.3 Å². The Morgan fingerprint density at radius 3 is 2.39 bits per heavy atom. The summed E-state index contributed by atoms with van der Waals surface area (Å²) < 4.78 is 4.93. The highest BCUT2D eigenvalue weighted by Crippen LogP contribution is 2.13. The molecule has 1 fully saturated rings. The number of carbonyl (C=O) groups excluding carboxylic acids is 2. The van der Waals surface area contributed by atoms with Crippen LogP contribution >= 0.6 is 0 Å². The molecule has 2 atom stereocenters. The summed E-state index contributed by atoms with van der Waals surface area (Å²) in [4.78, 5) is 28.7. The van der Waals surface area contributed by atoms with Crippen LogP contribution in [0, 0.1) is 0 Å². The van der Waals surface area contributed by atoms with Gasteiger partial charge in [-0.2, -0.15) is 0 Å². The van der Waals surface area contributed by atoms with Crippen LogP contribution in [0.5, 0.6) is 0 Å². The number of rotatable bonds is 10. The third-order valence-electron chi connectivity index (χ3n) is 5.28. The normalized spacial score (nSPS) is 17.7. The van der Waals surface area contributed by atoms with Crippen LogP contribution in [-0.4, -0.2) is 87.2 Å². The van der Waals surface area contributed by atoms with E-state index in [0.29, 0.717) is 26.2 Å². The smallest absolute Gasteiger partial charge is 0.237 e. The molecule has 2 rings (SSSR count). The van der Waals surface area contributed by atoms with E-state index >= 15 is 0 Å². The van der Waals surface area contributed by atoms with Gasteiger partial charge in [0.15, 0.2) is 0 Å². The molecule has 2 amide bonds. The van der Waals surface area contributed by atoms with Crippen LogP contribution in [0.4, 0.5) is 0 Å². The van der Waals surface area contributed by atoms with Gasteiger partial charge in [0, 0.05) is 46.4 Å². The molecule has 0 spiro atoms. The highest BCUT2D eigenvalue weighted by molar-refractivity contribution is 5.81. The summed E-state index contributed by atoms with van der Waals surface area (Å²) in [5.41, 5.74) is 1.23. The number of benzene rings is 1. The molecule has 28 heavy (non-hydrogen) atoms. The first kappa shape index (κ1) is 22.3. The van der Waals surface area contributed by atoms with Gasteiger partial charge in [-0.1, -0.05) is 37.3 Å². The Kier molecular flexibility index (Phi) is 9.40. The number of ether oxygens (including phenoxy) is 1. The van der Waals surface area contributed by atoms with Crippen LogP contribution in [-0.2, 0) is 14.3 Å². The molecule has 7 nitrogen and oxygen atoms in total. The molecule has 7 heteroatoms. The fraction of sp³-hybridized carbons (Fsp3) is 0.619. The number of carbonyl (C=O) groups is 2. The highest BCUT2D eigenvalue weighted by atomic mass is 16.5. The standard InChI is InChI=1S/C21H34N4O3/c1-17(19-7-5-4-6-8-19)15-23-21(27)18(2)25-12-10-24(11-13-25)16-20(26)22-9-14-28-3/h4-8,17-18H,9-16H2,1-3H3,(H,22,26)(H,23,27). The lowest BCUT2D eigenvalue weighted by Crippen LogP contribution is -2.55. The van der Waals surface area contributed by atoms with Crippen molar-refractivity contribution in [1.82, 2.24) is 20.4 Å². The van der Waals surface area contributed by atoms with Crippen LogP contribution in [0.15, 0.2) is 30.3 Å². The minimum Gasteiger partial charge on any atom is -0.383 e. The Morgan fingerprint density at radius 2 is 1.75 bits per heavy atom. The van der Waals surface area contributed by atoms with Crippen LogP contribution in [0.2, 0.25) is 0 Å². The number of hydrogen-bond acceptors (Lipinski definition) is 5. The lowest BCUT2D eigenvalue weighted by molar-refractivity contribution is -0.128. The Labute approximate surface area is 168 Å². The molecule has 1 aliphatic heterocycles. The van der Waals surface area contributed by atoms with Gasteiger partial charge < -0.3 is 15.4 Å². The van der Waals surface area contributed by atoms with Gasteiger partial charge in [-0.3, -0.25) is 19.4 Å². The zero-order chi connectivity index (χ0) is 20.4. The van der Waals surface area contributed by atoms with Gasteiger partial charge in [0.05, 0.1) is 19.2 Å². The molecule has 156 valence electrons. The average Bonchev–Trinajstić information content (AvgIpc) is 2.72. The number of hydrogen-bond donors (Lipinski definition) is 2. The van der Waals surface area contributed by atoms with Crippen molar-refractivity contribution in [2.75, 3.05) is 59.5 Å². The van der Waals surface area contributed by atoms with Crippen LogP contribution in [0.3, 0.4) is 0 Å². The summed E-state index contributed by atoms with van der Waals surface area (Å²) in [7, 11) is 1.62. The minimum atomic E-state index is -0.166. The molecule has 0 radical (unpaired) electrons. The summed E-state index contributed by atoms with van der Waals surface area (Å²) in [5, 5.41) is 5.92. The van der Waals surface area contributed by atoms with Crippen molar-refractivity contribution in [3.8, 4) is 0 Å². The van der Waals surface area contributed by atoms with E-state index in [2.05, 4.69) is 39.5 Å². The van der Waals surface area contributed by atoms with Gasteiger partial charge in [0.1, 0.15) is 0 Å². The summed E-state index contributed by atoms with van der Waals surface area (Å²) in [6.07, 6.45) is 0. The lowest BCUT2D eigenvalue weighted by Gasteiger charge is -2.37. The maximum atomic E-state index is 12.5. The molecule has 0 saturated carbocycles. The van der Waals surface area contributed by atoms with Crippen LogP contribution in [0.25, 0.3) is 0 Å². The van der Waals surface area contributed by atoms with Gasteiger partial charge in [-0.05, 0) is 18.4 Å². The zero-order valence-electron chi connectivity index (χ0n) is 17.3. The van der Waals surface area contributed by atoms with E-state index in [1.807, 2.05) is 25.1 Å². The van der Waals surface area contributed by atoms with Gasteiger partial charge in [-0.15, -0.1) is 0 Å². The first-order valence-corrected chi connectivity index (χ1v) is 10.1. The zero-order valence-corrected chi connectivity index (χ0v) is 17.3. The van der Waals surface area contributed by atoms with E-state index in [-0.39, 0.29) is 23.8 Å². The third kappa shape index (κ3) is 7.22. The number of nitrogens with one attached hydrogen (secondary N) is 2. The van der Waals surface area contributed by atoms with Crippen molar-refractivity contribution in [3.63, 3.8) is 0 Å². The second-order valence-electron chi connectivity index (χ2n) is 7.39. The van der Waals surface area contributed by atoms with E-state index in [0.717, 1.165) is 26.2 Å². The first-order valence-electron chi connectivity index (χ1n) is 10.1. The fourth-order valence-corrected chi connectivity index (χ4v) is 3.33. The molecule has 1 saturated heterocycles. The predicted molar refractivity (Wildman–Crippen MR) is 110 cm³/mol. The van der Waals surface area contributed by atoms with Gasteiger partial charge in [0.25, 0.3) is 0 Å². The Morgan fingerprint density at radius 1 is 1.07 bits per heavy atom. The third-order valence-corrected chi connectivity index (χ3v) is 5.28. The minimum absolute atomic E-state index is 0.0196. The SMILES string of the molecule is COCCNC(=O)CN1CCN(C(C)C(=O)NCC(C)c2ccccc2)CC1. The molecule has 0 bridgehead atoms. The van der Waals surface area contributed by atoms with Crippen molar-refractivity contribution in [1.29, 1.82) is 0 Å². The van der Waals surface area contributed by atoms with E-state index in [9.17, 15) is 9.59 Å². The molecule has 0 aliphatic carbocycles. The van der Waals surface area contributed by atoms with Crippen molar-refractivity contribution in [2.24, 2.45) is 0 Å². The van der Waals surface area contributed by atoms with E-state index < -0.39 is 0 Å². The monoisotopic (exact) mass is 390 g/mol. The molecule has 1 heterocycles. The number of amides is 2. The van der Waals surface area contributed by atoms with Crippen molar-refractivity contribution in [3.05, 3.63) is 35.9 Å². The summed E-state index contributed by atoms with van der Waals surface area (Å²) >= 11 is 0. The molecular weight excluding hydrogens is 356 g/mol. The Hall–Kier alpha value is -1.96. The second-order valence-corrected chi connectivity index (χ2v) is 7.39. The van der Waals surface area contributed by atoms with Gasteiger partial charge >= 0.3 is 0 Å². The molecule has 1 aliphatic rings.